The topological polar surface area (TPSA) is 51.3 Å². The normalized spacial score (nSPS) is 18.1. The number of hydrogen-bond acceptors (Lipinski definition) is 3. The molecular formula is C15H17F2N3O2. The third-order valence-corrected chi connectivity index (χ3v) is 4.09. The number of likely N-dealkylation sites (tertiary alicyclic amines) is 1. The van der Waals surface area contributed by atoms with E-state index in [0.717, 1.165) is 17.3 Å². The molecule has 0 saturated carbocycles. The molecule has 3 rings (SSSR count). The van der Waals surface area contributed by atoms with E-state index in [9.17, 15) is 18.9 Å². The molecule has 7 heteroatoms. The van der Waals surface area contributed by atoms with Crippen molar-refractivity contribution in [1.82, 2.24) is 9.47 Å². The Morgan fingerprint density at radius 2 is 2.09 bits per heavy atom. The second-order valence-electron chi connectivity index (χ2n) is 5.75. The smallest absolute Gasteiger partial charge is 0.270 e. The molecule has 5 nitrogen and oxygen atoms in total. The van der Waals surface area contributed by atoms with Crippen molar-refractivity contribution in [3.05, 3.63) is 40.6 Å². The lowest BCUT2D eigenvalue weighted by atomic mass is 10.2. The summed E-state index contributed by atoms with van der Waals surface area (Å²) in [4.78, 5) is 12.1. The van der Waals surface area contributed by atoms with E-state index in [1.54, 1.807) is 17.0 Å². The molecule has 0 bridgehead atoms. The summed E-state index contributed by atoms with van der Waals surface area (Å²) < 4.78 is 28.2. The minimum absolute atomic E-state index is 0.0525. The Labute approximate surface area is 126 Å². The van der Waals surface area contributed by atoms with Crippen LogP contribution in [-0.2, 0) is 6.54 Å². The summed E-state index contributed by atoms with van der Waals surface area (Å²) in [6.07, 6.45) is 2.60. The molecule has 0 unspecified atom stereocenters. The van der Waals surface area contributed by atoms with Gasteiger partial charge >= 0.3 is 0 Å². The highest BCUT2D eigenvalue weighted by molar-refractivity contribution is 5.82. The number of benzene rings is 1. The fraction of sp³-hybridized carbons (Fsp3) is 0.467. The average molecular weight is 309 g/mol. The predicted octanol–water partition coefficient (Wildman–Crippen LogP) is 3.28. The van der Waals surface area contributed by atoms with Crippen LogP contribution in [0.15, 0.2) is 30.5 Å². The Balaban J connectivity index is 1.61. The fourth-order valence-electron chi connectivity index (χ4n) is 2.96. The molecule has 1 aromatic heterocycles. The zero-order valence-corrected chi connectivity index (χ0v) is 12.0. The zero-order chi connectivity index (χ0) is 15.7. The highest BCUT2D eigenvalue weighted by Gasteiger charge is 2.37. The summed E-state index contributed by atoms with van der Waals surface area (Å²) in [6, 6.07) is 6.61. The Morgan fingerprint density at radius 3 is 2.77 bits per heavy atom. The minimum atomic E-state index is -2.54. The molecule has 2 aromatic rings. The van der Waals surface area contributed by atoms with Crippen LogP contribution in [0.25, 0.3) is 10.9 Å². The van der Waals surface area contributed by atoms with Crippen molar-refractivity contribution in [3.63, 3.8) is 0 Å². The van der Waals surface area contributed by atoms with E-state index in [1.165, 1.54) is 6.07 Å². The van der Waals surface area contributed by atoms with Crippen LogP contribution in [-0.4, -0.2) is 39.9 Å². The lowest BCUT2D eigenvalue weighted by molar-refractivity contribution is -0.384. The maximum absolute atomic E-state index is 13.1. The van der Waals surface area contributed by atoms with E-state index in [1.807, 2.05) is 16.8 Å². The maximum atomic E-state index is 13.1. The van der Waals surface area contributed by atoms with Crippen LogP contribution < -0.4 is 0 Å². The van der Waals surface area contributed by atoms with Crippen molar-refractivity contribution in [2.24, 2.45) is 0 Å². The molecule has 0 radical (unpaired) electrons. The number of nitro groups is 1. The number of fused-ring (bicyclic) bond motifs is 1. The molecule has 0 spiro atoms. The number of halogens is 2. The molecule has 1 saturated heterocycles. The van der Waals surface area contributed by atoms with Gasteiger partial charge in [-0.25, -0.2) is 8.78 Å². The number of rotatable bonds is 5. The highest BCUT2D eigenvalue weighted by atomic mass is 19.3. The maximum Gasteiger partial charge on any atom is 0.270 e. The number of nitrogens with zero attached hydrogens (tertiary/aromatic N) is 3. The van der Waals surface area contributed by atoms with Crippen LogP contribution in [0.3, 0.4) is 0 Å². The Kier molecular flexibility index (Phi) is 3.82. The van der Waals surface area contributed by atoms with Crippen LogP contribution in [0.4, 0.5) is 14.5 Å². The van der Waals surface area contributed by atoms with Gasteiger partial charge in [-0.3, -0.25) is 15.0 Å². The predicted molar refractivity (Wildman–Crippen MR) is 79.2 cm³/mol. The van der Waals surface area contributed by atoms with E-state index < -0.39 is 10.8 Å². The van der Waals surface area contributed by atoms with Crippen LogP contribution >= 0.6 is 0 Å². The number of aromatic nitrogens is 1. The number of alkyl halides is 2. The molecule has 0 N–H and O–H groups in total. The Bertz CT molecular complexity index is 699. The van der Waals surface area contributed by atoms with Crippen LogP contribution in [0, 0.1) is 10.1 Å². The van der Waals surface area contributed by atoms with Crippen molar-refractivity contribution in [1.29, 1.82) is 0 Å². The fourth-order valence-corrected chi connectivity index (χ4v) is 2.96. The summed E-state index contributed by atoms with van der Waals surface area (Å²) in [5.74, 6) is -2.54. The lowest BCUT2D eigenvalue weighted by Gasteiger charge is -2.15. The van der Waals surface area contributed by atoms with E-state index in [2.05, 4.69) is 0 Å². The lowest BCUT2D eigenvalue weighted by Crippen LogP contribution is -2.26. The van der Waals surface area contributed by atoms with Gasteiger partial charge in [-0.2, -0.15) is 0 Å². The van der Waals surface area contributed by atoms with Crippen molar-refractivity contribution < 1.29 is 13.7 Å². The first-order valence-electron chi connectivity index (χ1n) is 7.28. The van der Waals surface area contributed by atoms with Crippen molar-refractivity contribution in [2.45, 2.75) is 25.3 Å². The molecule has 1 aliphatic heterocycles. The average Bonchev–Trinajstić information content (AvgIpc) is 3.02. The van der Waals surface area contributed by atoms with Crippen molar-refractivity contribution in [3.8, 4) is 0 Å². The second kappa shape index (κ2) is 5.64. The number of non-ortho nitro benzene ring substituents is 1. The first-order valence-corrected chi connectivity index (χ1v) is 7.28. The van der Waals surface area contributed by atoms with Gasteiger partial charge in [-0.1, -0.05) is 0 Å². The van der Waals surface area contributed by atoms with Gasteiger partial charge in [0.25, 0.3) is 11.6 Å². The summed E-state index contributed by atoms with van der Waals surface area (Å²) in [5, 5.41) is 11.6. The third kappa shape index (κ3) is 3.09. The standard InChI is InChI=1S/C15H17F2N3O2/c16-15(17)5-9-18(11-15)6-1-7-19-8-4-12-10-13(20(21)22)2-3-14(12)19/h2-4,8,10H,1,5-7,9,11H2. The van der Waals surface area contributed by atoms with Crippen molar-refractivity contribution in [2.75, 3.05) is 19.6 Å². The third-order valence-electron chi connectivity index (χ3n) is 4.09. The van der Waals surface area contributed by atoms with Crippen molar-refractivity contribution >= 4 is 16.6 Å². The van der Waals surface area contributed by atoms with Gasteiger partial charge in [-0.15, -0.1) is 0 Å². The Morgan fingerprint density at radius 1 is 1.27 bits per heavy atom. The molecule has 1 fully saturated rings. The minimum Gasteiger partial charge on any atom is -0.347 e. The molecule has 1 aromatic carbocycles. The van der Waals surface area contributed by atoms with E-state index >= 15 is 0 Å². The molecule has 22 heavy (non-hydrogen) atoms. The largest absolute Gasteiger partial charge is 0.347 e. The SMILES string of the molecule is O=[N+]([O-])c1ccc2c(ccn2CCCN2CCC(F)(F)C2)c1. The molecule has 0 atom stereocenters. The van der Waals surface area contributed by atoms with Crippen LogP contribution in [0.1, 0.15) is 12.8 Å². The molecule has 1 aliphatic rings. The van der Waals surface area contributed by atoms with Crippen LogP contribution in [0.2, 0.25) is 0 Å². The highest BCUT2D eigenvalue weighted by Crippen LogP contribution is 2.27. The van der Waals surface area contributed by atoms with Gasteiger partial charge < -0.3 is 4.57 Å². The second-order valence-corrected chi connectivity index (χ2v) is 5.75. The number of nitro benzene ring substituents is 1. The summed E-state index contributed by atoms with van der Waals surface area (Å²) >= 11 is 0. The summed E-state index contributed by atoms with van der Waals surface area (Å²) in [5.41, 5.74) is 1.00. The molecule has 118 valence electrons. The van der Waals surface area contributed by atoms with E-state index in [-0.39, 0.29) is 18.7 Å². The molecule has 0 aliphatic carbocycles. The number of aryl methyl sites for hydroxylation is 1. The first-order chi connectivity index (χ1) is 10.4. The van der Waals surface area contributed by atoms with Gasteiger partial charge in [0.2, 0.25) is 0 Å². The molecule has 2 heterocycles. The molecular weight excluding hydrogens is 292 g/mol. The molecule has 0 amide bonds. The van der Waals surface area contributed by atoms with E-state index in [4.69, 9.17) is 0 Å². The van der Waals surface area contributed by atoms with Gasteiger partial charge in [0.05, 0.1) is 11.5 Å². The van der Waals surface area contributed by atoms with Crippen LogP contribution in [0.5, 0.6) is 0 Å². The summed E-state index contributed by atoms with van der Waals surface area (Å²) in [6.45, 7) is 1.66. The monoisotopic (exact) mass is 309 g/mol. The van der Waals surface area contributed by atoms with E-state index in [0.29, 0.717) is 19.6 Å². The van der Waals surface area contributed by atoms with Gasteiger partial charge in [0.1, 0.15) is 0 Å². The van der Waals surface area contributed by atoms with Gasteiger partial charge in [0, 0.05) is 55.3 Å². The number of hydrogen-bond donors (Lipinski definition) is 0. The quantitative estimate of drug-likeness (QED) is 0.629. The van der Waals surface area contributed by atoms with Gasteiger partial charge in [0.15, 0.2) is 0 Å². The Hall–Kier alpha value is -2.02. The summed E-state index contributed by atoms with van der Waals surface area (Å²) in [7, 11) is 0. The zero-order valence-electron chi connectivity index (χ0n) is 12.0. The van der Waals surface area contributed by atoms with Gasteiger partial charge in [-0.05, 0) is 18.6 Å². The first kappa shape index (κ1) is 14.9.